The van der Waals surface area contributed by atoms with Crippen molar-refractivity contribution in [2.45, 2.75) is 37.6 Å². The fraction of sp³-hybridized carbons (Fsp3) is 0.462. The maximum atomic E-state index is 11.8. The molecule has 1 fully saturated rings. The van der Waals surface area contributed by atoms with Crippen molar-refractivity contribution in [3.05, 3.63) is 29.8 Å². The molecule has 1 saturated heterocycles. The van der Waals surface area contributed by atoms with Crippen molar-refractivity contribution in [2.24, 2.45) is 0 Å². The first-order chi connectivity index (χ1) is 9.40. The van der Waals surface area contributed by atoms with Gasteiger partial charge in [0.25, 0.3) is 0 Å². The van der Waals surface area contributed by atoms with E-state index in [1.165, 1.54) is 31.2 Å². The van der Waals surface area contributed by atoms with Gasteiger partial charge >= 0.3 is 5.97 Å². The molecular formula is C13H16O7. The number of rotatable bonds is 2. The molecule has 110 valence electrons. The number of benzene rings is 1. The molecule has 0 radical (unpaired) electrons. The maximum absolute atomic E-state index is 11.8. The molecule has 1 heterocycles. The van der Waals surface area contributed by atoms with Crippen molar-refractivity contribution >= 4 is 5.97 Å². The highest BCUT2D eigenvalue weighted by molar-refractivity contribution is 5.89. The summed E-state index contributed by atoms with van der Waals surface area (Å²) in [5.41, 5.74) is 0.159. The van der Waals surface area contributed by atoms with Crippen LogP contribution < -0.4 is 0 Å². The van der Waals surface area contributed by atoms with Crippen LogP contribution >= 0.6 is 0 Å². The Morgan fingerprint density at radius 1 is 1.10 bits per heavy atom. The predicted molar refractivity (Wildman–Crippen MR) is 65.9 cm³/mol. The van der Waals surface area contributed by atoms with E-state index in [4.69, 9.17) is 14.6 Å². The molecule has 0 unspecified atom stereocenters. The highest BCUT2D eigenvalue weighted by atomic mass is 16.7. The van der Waals surface area contributed by atoms with Crippen LogP contribution in [0.4, 0.5) is 0 Å². The molecule has 20 heavy (non-hydrogen) atoms. The summed E-state index contributed by atoms with van der Waals surface area (Å²) in [7, 11) is 0. The predicted octanol–water partition coefficient (Wildman–Crippen LogP) is -0.624. The van der Waals surface area contributed by atoms with Crippen LogP contribution in [-0.2, 0) is 9.47 Å². The second-order valence-corrected chi connectivity index (χ2v) is 4.63. The van der Waals surface area contributed by atoms with Crippen LogP contribution in [0.3, 0.4) is 0 Å². The van der Waals surface area contributed by atoms with Gasteiger partial charge in [-0.2, -0.15) is 0 Å². The van der Waals surface area contributed by atoms with Gasteiger partial charge < -0.3 is 29.9 Å². The minimum atomic E-state index is -1.54. The summed E-state index contributed by atoms with van der Waals surface area (Å²) in [6.45, 7) is 1.49. The Balaban J connectivity index is 2.05. The minimum absolute atomic E-state index is 0.00247. The Bertz CT molecular complexity index is 472. The number of carbonyl (C=O) groups is 1. The van der Waals surface area contributed by atoms with E-state index in [9.17, 15) is 20.1 Å². The van der Waals surface area contributed by atoms with Gasteiger partial charge in [-0.05, 0) is 31.2 Å². The second kappa shape index (κ2) is 5.76. The van der Waals surface area contributed by atoms with Gasteiger partial charge in [0.1, 0.15) is 24.1 Å². The van der Waals surface area contributed by atoms with Gasteiger partial charge in [0, 0.05) is 0 Å². The molecule has 1 aliphatic heterocycles. The molecule has 2 rings (SSSR count). The Hall–Kier alpha value is -1.67. The Morgan fingerprint density at radius 2 is 1.70 bits per heavy atom. The topological polar surface area (TPSA) is 116 Å². The van der Waals surface area contributed by atoms with Gasteiger partial charge in [0.15, 0.2) is 0 Å². The number of hydrogen-bond donors (Lipinski definition) is 4. The number of aromatic hydroxyl groups is 1. The van der Waals surface area contributed by atoms with Crippen molar-refractivity contribution in [3.8, 4) is 5.75 Å². The summed E-state index contributed by atoms with van der Waals surface area (Å²) in [5.74, 6) is -0.771. The number of phenolic OH excluding ortho intramolecular Hbond substituents is 1. The zero-order valence-electron chi connectivity index (χ0n) is 10.7. The molecule has 0 aliphatic carbocycles. The Labute approximate surface area is 115 Å². The van der Waals surface area contributed by atoms with E-state index in [2.05, 4.69) is 0 Å². The average molecular weight is 284 g/mol. The van der Waals surface area contributed by atoms with Crippen LogP contribution in [0.25, 0.3) is 0 Å². The first-order valence-corrected chi connectivity index (χ1v) is 6.10. The SMILES string of the molecule is C[C@@H]1O[C@@H](OC(=O)c2ccc(O)cc2)[C@H](O)[C@H](O)[C@@H]1O. The molecule has 7 nitrogen and oxygen atoms in total. The lowest BCUT2D eigenvalue weighted by molar-refractivity contribution is -0.276. The number of phenols is 1. The third kappa shape index (κ3) is 2.91. The molecule has 0 aromatic heterocycles. The lowest BCUT2D eigenvalue weighted by Crippen LogP contribution is -2.57. The summed E-state index contributed by atoms with van der Waals surface area (Å²) < 4.78 is 10.1. The molecule has 7 heteroatoms. The van der Waals surface area contributed by atoms with E-state index >= 15 is 0 Å². The van der Waals surface area contributed by atoms with E-state index in [0.29, 0.717) is 0 Å². The fourth-order valence-electron chi connectivity index (χ4n) is 1.88. The zero-order chi connectivity index (χ0) is 14.9. The summed E-state index contributed by atoms with van der Waals surface area (Å²) in [6, 6.07) is 5.33. The number of carbonyl (C=O) groups excluding carboxylic acids is 1. The van der Waals surface area contributed by atoms with Crippen LogP contribution in [0.1, 0.15) is 17.3 Å². The minimum Gasteiger partial charge on any atom is -0.508 e. The number of ether oxygens (including phenoxy) is 2. The van der Waals surface area contributed by atoms with Crippen molar-refractivity contribution in [1.29, 1.82) is 0 Å². The van der Waals surface area contributed by atoms with Crippen LogP contribution in [0, 0.1) is 0 Å². The van der Waals surface area contributed by atoms with E-state index in [0.717, 1.165) is 0 Å². The maximum Gasteiger partial charge on any atom is 0.340 e. The van der Waals surface area contributed by atoms with E-state index in [-0.39, 0.29) is 11.3 Å². The summed E-state index contributed by atoms with van der Waals surface area (Å²) >= 11 is 0. The van der Waals surface area contributed by atoms with Crippen molar-refractivity contribution in [1.82, 2.24) is 0 Å². The van der Waals surface area contributed by atoms with Gasteiger partial charge in [0.05, 0.1) is 11.7 Å². The monoisotopic (exact) mass is 284 g/mol. The smallest absolute Gasteiger partial charge is 0.340 e. The van der Waals surface area contributed by atoms with Crippen LogP contribution in [-0.4, -0.2) is 57.1 Å². The lowest BCUT2D eigenvalue weighted by atomic mass is 10.00. The third-order valence-corrected chi connectivity index (χ3v) is 3.13. The molecule has 1 aromatic rings. The number of aliphatic hydroxyl groups is 3. The molecule has 4 N–H and O–H groups in total. The van der Waals surface area contributed by atoms with Crippen LogP contribution in [0.2, 0.25) is 0 Å². The van der Waals surface area contributed by atoms with Crippen LogP contribution in [0.5, 0.6) is 5.75 Å². The van der Waals surface area contributed by atoms with Crippen molar-refractivity contribution in [3.63, 3.8) is 0 Å². The molecule has 1 aromatic carbocycles. The summed E-state index contributed by atoms with van der Waals surface area (Å²) in [5, 5.41) is 38.0. The van der Waals surface area contributed by atoms with Gasteiger partial charge in [-0.15, -0.1) is 0 Å². The normalized spacial score (nSPS) is 33.7. The molecule has 0 bridgehead atoms. The molecule has 0 amide bonds. The first-order valence-electron chi connectivity index (χ1n) is 6.10. The molecular weight excluding hydrogens is 268 g/mol. The number of esters is 1. The van der Waals surface area contributed by atoms with Crippen molar-refractivity contribution in [2.75, 3.05) is 0 Å². The van der Waals surface area contributed by atoms with Crippen molar-refractivity contribution < 1.29 is 34.7 Å². The van der Waals surface area contributed by atoms with Gasteiger partial charge in [-0.3, -0.25) is 0 Å². The summed E-state index contributed by atoms with van der Waals surface area (Å²) in [4.78, 5) is 11.8. The lowest BCUT2D eigenvalue weighted by Gasteiger charge is -2.38. The summed E-state index contributed by atoms with van der Waals surface area (Å²) in [6.07, 6.45) is -6.41. The van der Waals surface area contributed by atoms with Gasteiger partial charge in [-0.25, -0.2) is 4.79 Å². The quantitative estimate of drug-likeness (QED) is 0.535. The Kier molecular flexibility index (Phi) is 4.24. The molecule has 5 atom stereocenters. The fourth-order valence-corrected chi connectivity index (χ4v) is 1.88. The van der Waals surface area contributed by atoms with E-state index < -0.39 is 36.7 Å². The van der Waals surface area contributed by atoms with E-state index in [1.807, 2.05) is 0 Å². The van der Waals surface area contributed by atoms with Crippen LogP contribution in [0.15, 0.2) is 24.3 Å². The number of aliphatic hydroxyl groups excluding tert-OH is 3. The standard InChI is InChI=1S/C13H16O7/c1-6-9(15)10(16)11(17)13(19-6)20-12(18)7-2-4-8(14)5-3-7/h2-6,9-11,13-17H,1H3/t6-,9+,10+,11+,13-/m0/s1. The third-order valence-electron chi connectivity index (χ3n) is 3.13. The number of hydrogen-bond acceptors (Lipinski definition) is 7. The molecule has 1 aliphatic rings. The Morgan fingerprint density at radius 3 is 2.30 bits per heavy atom. The first kappa shape index (κ1) is 14.7. The highest BCUT2D eigenvalue weighted by Crippen LogP contribution is 2.23. The second-order valence-electron chi connectivity index (χ2n) is 4.63. The average Bonchev–Trinajstić information content (AvgIpc) is 2.43. The highest BCUT2D eigenvalue weighted by Gasteiger charge is 2.43. The largest absolute Gasteiger partial charge is 0.508 e. The molecule has 0 saturated carbocycles. The molecule has 0 spiro atoms. The van der Waals surface area contributed by atoms with E-state index in [1.54, 1.807) is 0 Å². The van der Waals surface area contributed by atoms with Gasteiger partial charge in [0.2, 0.25) is 6.29 Å². The zero-order valence-corrected chi connectivity index (χ0v) is 10.7. The van der Waals surface area contributed by atoms with Gasteiger partial charge in [-0.1, -0.05) is 0 Å².